The van der Waals surface area contributed by atoms with Gasteiger partial charge in [0.1, 0.15) is 6.10 Å². The lowest BCUT2D eigenvalue weighted by molar-refractivity contribution is -0.143. The molecule has 1 atom stereocenters. The van der Waals surface area contributed by atoms with Crippen molar-refractivity contribution in [1.82, 2.24) is 0 Å². The molecule has 4 heteroatoms. The first-order valence-corrected chi connectivity index (χ1v) is 5.14. The van der Waals surface area contributed by atoms with Gasteiger partial charge in [-0.05, 0) is 5.56 Å². The van der Waals surface area contributed by atoms with Crippen LogP contribution in [0.1, 0.15) is 18.4 Å². The van der Waals surface area contributed by atoms with Crippen molar-refractivity contribution in [3.05, 3.63) is 35.9 Å². The Labute approximate surface area is 93.9 Å². The molecule has 0 bridgehead atoms. The normalized spacial score (nSPS) is 18.8. The van der Waals surface area contributed by atoms with E-state index in [1.165, 1.54) is 7.11 Å². The molecule has 0 aromatic heterocycles. The van der Waals surface area contributed by atoms with Crippen LogP contribution in [-0.2, 0) is 14.4 Å². The lowest BCUT2D eigenvalue weighted by Gasteiger charge is -2.05. The molecule has 16 heavy (non-hydrogen) atoms. The quantitative estimate of drug-likeness (QED) is 0.727. The van der Waals surface area contributed by atoms with Gasteiger partial charge in [0, 0.05) is 6.42 Å². The maximum Gasteiger partial charge on any atom is 0.309 e. The fraction of sp³-hybridized carbons (Fsp3) is 0.333. The molecule has 1 aromatic rings. The van der Waals surface area contributed by atoms with Crippen LogP contribution in [0.25, 0.3) is 0 Å². The summed E-state index contributed by atoms with van der Waals surface area (Å²) >= 11 is 0. The summed E-state index contributed by atoms with van der Waals surface area (Å²) in [6.45, 7) is 0. The number of esters is 1. The number of hydrogen-bond acceptors (Lipinski definition) is 4. The molecule has 0 spiro atoms. The highest BCUT2D eigenvalue weighted by atomic mass is 16.6. The maximum absolute atomic E-state index is 11.1. The molecular formula is C12H13NO3. The summed E-state index contributed by atoms with van der Waals surface area (Å²) in [5, 5.41) is 3.98. The van der Waals surface area contributed by atoms with Crippen molar-refractivity contribution in [3.63, 3.8) is 0 Å². The van der Waals surface area contributed by atoms with Gasteiger partial charge in [-0.2, -0.15) is 0 Å². The Morgan fingerprint density at radius 1 is 1.50 bits per heavy atom. The van der Waals surface area contributed by atoms with Gasteiger partial charge in [-0.3, -0.25) is 4.79 Å². The van der Waals surface area contributed by atoms with Crippen LogP contribution in [0.3, 0.4) is 0 Å². The molecule has 0 amide bonds. The minimum Gasteiger partial charge on any atom is -0.469 e. The molecule has 0 N–H and O–H groups in total. The van der Waals surface area contributed by atoms with Crippen LogP contribution in [0, 0.1) is 0 Å². The second-order valence-electron chi connectivity index (χ2n) is 3.62. The summed E-state index contributed by atoms with van der Waals surface area (Å²) in [4.78, 5) is 16.2. The molecule has 1 heterocycles. The summed E-state index contributed by atoms with van der Waals surface area (Å²) in [7, 11) is 1.37. The number of rotatable bonds is 3. The van der Waals surface area contributed by atoms with E-state index in [0.717, 1.165) is 11.3 Å². The molecule has 0 radical (unpaired) electrons. The van der Waals surface area contributed by atoms with E-state index in [4.69, 9.17) is 4.84 Å². The molecule has 4 nitrogen and oxygen atoms in total. The van der Waals surface area contributed by atoms with Gasteiger partial charge in [0.15, 0.2) is 0 Å². The van der Waals surface area contributed by atoms with E-state index in [1.807, 2.05) is 30.3 Å². The van der Waals surface area contributed by atoms with Crippen molar-refractivity contribution in [2.24, 2.45) is 5.16 Å². The second-order valence-corrected chi connectivity index (χ2v) is 3.62. The Bertz CT molecular complexity index is 400. The zero-order chi connectivity index (χ0) is 11.4. The number of oxime groups is 1. The van der Waals surface area contributed by atoms with Gasteiger partial charge in [0.05, 0.1) is 19.2 Å². The monoisotopic (exact) mass is 219 g/mol. The highest BCUT2D eigenvalue weighted by Gasteiger charge is 2.24. The molecule has 0 aliphatic carbocycles. The first-order valence-electron chi connectivity index (χ1n) is 5.14. The van der Waals surface area contributed by atoms with E-state index < -0.39 is 0 Å². The van der Waals surface area contributed by atoms with Gasteiger partial charge in [0.2, 0.25) is 0 Å². The fourth-order valence-corrected chi connectivity index (χ4v) is 1.61. The molecule has 0 saturated carbocycles. The Morgan fingerprint density at radius 3 is 2.94 bits per heavy atom. The Morgan fingerprint density at radius 2 is 2.25 bits per heavy atom. The van der Waals surface area contributed by atoms with Crippen molar-refractivity contribution in [3.8, 4) is 0 Å². The standard InChI is InChI=1S/C12H13NO3/c1-15-12(14)8-10-7-11(13-16-10)9-5-3-2-4-6-9/h2-6,10H,7-8H2,1H3. The summed E-state index contributed by atoms with van der Waals surface area (Å²) in [6.07, 6.45) is 0.706. The highest BCUT2D eigenvalue weighted by Crippen LogP contribution is 2.18. The molecule has 0 fully saturated rings. The number of benzene rings is 1. The molecule has 1 aromatic carbocycles. The van der Waals surface area contributed by atoms with Gasteiger partial charge in [-0.25, -0.2) is 0 Å². The molecule has 1 aliphatic rings. The van der Waals surface area contributed by atoms with E-state index in [2.05, 4.69) is 9.89 Å². The van der Waals surface area contributed by atoms with Crippen LogP contribution in [0.4, 0.5) is 0 Å². The fourth-order valence-electron chi connectivity index (χ4n) is 1.61. The van der Waals surface area contributed by atoms with Crippen LogP contribution < -0.4 is 0 Å². The minimum atomic E-state index is -0.269. The average Bonchev–Trinajstić information content (AvgIpc) is 2.78. The van der Waals surface area contributed by atoms with Crippen LogP contribution >= 0.6 is 0 Å². The van der Waals surface area contributed by atoms with Crippen molar-refractivity contribution < 1.29 is 14.4 Å². The molecule has 2 rings (SSSR count). The van der Waals surface area contributed by atoms with Gasteiger partial charge in [-0.1, -0.05) is 35.5 Å². The second kappa shape index (κ2) is 4.79. The molecule has 1 aliphatic heterocycles. The van der Waals surface area contributed by atoms with Crippen LogP contribution in [0.15, 0.2) is 35.5 Å². The smallest absolute Gasteiger partial charge is 0.309 e. The summed E-state index contributed by atoms with van der Waals surface area (Å²) in [6, 6.07) is 9.80. The number of carbonyl (C=O) groups excluding carboxylic acids is 1. The molecule has 1 unspecified atom stereocenters. The SMILES string of the molecule is COC(=O)CC1CC(c2ccccc2)=NO1. The van der Waals surface area contributed by atoms with Crippen LogP contribution in [0.5, 0.6) is 0 Å². The summed E-state index contributed by atoms with van der Waals surface area (Å²) in [5.41, 5.74) is 1.92. The van der Waals surface area contributed by atoms with Gasteiger partial charge < -0.3 is 9.57 Å². The van der Waals surface area contributed by atoms with Gasteiger partial charge in [0.25, 0.3) is 0 Å². The van der Waals surface area contributed by atoms with Crippen LogP contribution in [-0.4, -0.2) is 24.9 Å². The number of methoxy groups -OCH3 is 1. The topological polar surface area (TPSA) is 47.9 Å². The third-order valence-corrected chi connectivity index (χ3v) is 2.46. The summed E-state index contributed by atoms with van der Waals surface area (Å²) in [5.74, 6) is -0.269. The van der Waals surface area contributed by atoms with E-state index in [0.29, 0.717) is 6.42 Å². The van der Waals surface area contributed by atoms with Crippen molar-refractivity contribution in [2.45, 2.75) is 18.9 Å². The first-order chi connectivity index (χ1) is 7.79. The van der Waals surface area contributed by atoms with Crippen molar-refractivity contribution >= 4 is 11.7 Å². The van der Waals surface area contributed by atoms with Crippen molar-refractivity contribution in [1.29, 1.82) is 0 Å². The van der Waals surface area contributed by atoms with E-state index in [-0.39, 0.29) is 18.5 Å². The number of carbonyl (C=O) groups is 1. The van der Waals surface area contributed by atoms with E-state index in [9.17, 15) is 4.79 Å². The van der Waals surface area contributed by atoms with Crippen LogP contribution in [0.2, 0.25) is 0 Å². The Balaban J connectivity index is 1.95. The zero-order valence-corrected chi connectivity index (χ0v) is 9.05. The third-order valence-electron chi connectivity index (χ3n) is 2.46. The predicted octanol–water partition coefficient (Wildman–Crippen LogP) is 1.74. The molecular weight excluding hydrogens is 206 g/mol. The minimum absolute atomic E-state index is 0.192. The predicted molar refractivity (Wildman–Crippen MR) is 59.1 cm³/mol. The Kier molecular flexibility index (Phi) is 3.19. The average molecular weight is 219 g/mol. The highest BCUT2D eigenvalue weighted by molar-refractivity contribution is 6.01. The van der Waals surface area contributed by atoms with Gasteiger partial charge in [-0.15, -0.1) is 0 Å². The zero-order valence-electron chi connectivity index (χ0n) is 9.05. The molecule has 0 saturated heterocycles. The lowest BCUT2D eigenvalue weighted by atomic mass is 10.0. The van der Waals surface area contributed by atoms with Crippen molar-refractivity contribution in [2.75, 3.05) is 7.11 Å². The first kappa shape index (κ1) is 10.7. The van der Waals surface area contributed by atoms with E-state index in [1.54, 1.807) is 0 Å². The summed E-state index contributed by atoms with van der Waals surface area (Å²) < 4.78 is 4.58. The van der Waals surface area contributed by atoms with E-state index >= 15 is 0 Å². The van der Waals surface area contributed by atoms with Gasteiger partial charge >= 0.3 is 5.97 Å². The lowest BCUT2D eigenvalue weighted by Crippen LogP contribution is -2.15. The third kappa shape index (κ3) is 2.39. The number of nitrogens with zero attached hydrogens (tertiary/aromatic N) is 1. The number of hydrogen-bond donors (Lipinski definition) is 0. The maximum atomic E-state index is 11.1. The Hall–Kier alpha value is -1.84. The number of ether oxygens (including phenoxy) is 1. The molecule has 84 valence electrons. The largest absolute Gasteiger partial charge is 0.469 e.